The molecule has 2 nitrogen and oxygen atoms in total. The van der Waals surface area contributed by atoms with Gasteiger partial charge in [0.05, 0.1) is 12.5 Å². The summed E-state index contributed by atoms with van der Waals surface area (Å²) in [6, 6.07) is 26.4. The minimum Gasteiger partial charge on any atom is -0.464 e. The predicted octanol–water partition coefficient (Wildman–Crippen LogP) is 6.61. The topological polar surface area (TPSA) is 26.3 Å². The minimum atomic E-state index is -0.651. The Labute approximate surface area is 199 Å². The van der Waals surface area contributed by atoms with Gasteiger partial charge in [0, 0.05) is 7.92 Å². The molecule has 0 N–H and O–H groups in total. The first-order valence-electron chi connectivity index (χ1n) is 11.9. The fourth-order valence-electron chi connectivity index (χ4n) is 5.53. The lowest BCUT2D eigenvalue weighted by atomic mass is 10.0. The molecule has 1 fully saturated rings. The molecule has 1 saturated carbocycles. The molecule has 3 unspecified atom stereocenters. The fourth-order valence-corrected chi connectivity index (χ4v) is 11.9. The van der Waals surface area contributed by atoms with Gasteiger partial charge in [0.2, 0.25) is 0 Å². The molecule has 170 valence electrons. The lowest BCUT2D eigenvalue weighted by molar-refractivity contribution is 0.540. The summed E-state index contributed by atoms with van der Waals surface area (Å²) in [5, 5.41) is 3.06. The Morgan fingerprint density at radius 1 is 0.727 bits per heavy atom. The fraction of sp³-hybridized carbons (Fsp3) is 0.310. The van der Waals surface area contributed by atoms with Crippen LogP contribution in [0.25, 0.3) is 0 Å². The lowest BCUT2D eigenvalue weighted by Gasteiger charge is -2.36. The highest BCUT2D eigenvalue weighted by atomic mass is 31.1. The van der Waals surface area contributed by atoms with Crippen LogP contribution in [-0.2, 0) is 0 Å². The Balaban J connectivity index is 1.57. The van der Waals surface area contributed by atoms with Crippen LogP contribution in [-0.4, -0.2) is 11.3 Å². The summed E-state index contributed by atoms with van der Waals surface area (Å²) in [7, 11) is -1.13. The van der Waals surface area contributed by atoms with Gasteiger partial charge >= 0.3 is 0 Å². The molecule has 2 heterocycles. The van der Waals surface area contributed by atoms with Gasteiger partial charge in [0.25, 0.3) is 0 Å². The van der Waals surface area contributed by atoms with E-state index in [1.165, 1.54) is 41.0 Å². The number of hydrogen-bond acceptors (Lipinski definition) is 2. The molecule has 0 bridgehead atoms. The molecule has 4 aromatic rings. The Morgan fingerprint density at radius 2 is 1.27 bits per heavy atom. The van der Waals surface area contributed by atoms with Crippen molar-refractivity contribution in [1.29, 1.82) is 0 Å². The van der Waals surface area contributed by atoms with Gasteiger partial charge < -0.3 is 8.83 Å². The van der Waals surface area contributed by atoms with Crippen molar-refractivity contribution in [3.05, 3.63) is 96.4 Å². The van der Waals surface area contributed by atoms with Crippen LogP contribution in [0.1, 0.15) is 37.3 Å². The van der Waals surface area contributed by atoms with Crippen molar-refractivity contribution in [2.75, 3.05) is 0 Å². The third-order valence-electron chi connectivity index (χ3n) is 7.13. The average Bonchev–Trinajstić information content (AvgIpc) is 3.61. The first-order chi connectivity index (χ1) is 16.1. The first-order valence-corrected chi connectivity index (χ1v) is 14.7. The maximum Gasteiger partial charge on any atom is 0.133 e. The van der Waals surface area contributed by atoms with E-state index in [0.29, 0.717) is 17.2 Å². The van der Waals surface area contributed by atoms with Crippen molar-refractivity contribution in [2.45, 2.75) is 51.4 Å². The average molecular weight is 475 g/mol. The SMILES string of the molecule is Cc1ccccc1P(c1ccccc1C)C(C)C1CCCC1P(c1ccco1)c1ccco1. The highest BCUT2D eigenvalue weighted by molar-refractivity contribution is 7.74. The standard InChI is InChI=1S/C29H32O2P2/c1-21-11-4-6-14-25(21)32(26-15-7-5-12-22(26)2)23(3)24-13-8-16-27(24)33(28-17-9-19-30-28)29-18-10-20-31-29/h4-7,9-12,14-15,17-20,23-24,27H,8,13,16H2,1-3H3. The van der Waals surface area contributed by atoms with Crippen LogP contribution in [0.15, 0.2) is 94.2 Å². The van der Waals surface area contributed by atoms with Gasteiger partial charge in [0.15, 0.2) is 0 Å². The Morgan fingerprint density at radius 3 is 1.76 bits per heavy atom. The Bertz CT molecular complexity index is 1090. The molecule has 0 radical (unpaired) electrons. The molecule has 0 spiro atoms. The van der Waals surface area contributed by atoms with Crippen LogP contribution < -0.4 is 21.6 Å². The number of furan rings is 2. The van der Waals surface area contributed by atoms with Gasteiger partial charge in [-0.25, -0.2) is 0 Å². The molecule has 0 saturated heterocycles. The van der Waals surface area contributed by atoms with Gasteiger partial charge in [-0.1, -0.05) is 61.9 Å². The zero-order valence-corrected chi connectivity index (χ0v) is 21.4. The van der Waals surface area contributed by atoms with Crippen molar-refractivity contribution in [1.82, 2.24) is 0 Å². The summed E-state index contributed by atoms with van der Waals surface area (Å²) in [6.45, 7) is 7.08. The normalized spacial score (nSPS) is 19.4. The van der Waals surface area contributed by atoms with Crippen LogP contribution in [0.4, 0.5) is 0 Å². The summed E-state index contributed by atoms with van der Waals surface area (Å²) in [4.78, 5) is 0. The van der Waals surface area contributed by atoms with E-state index in [-0.39, 0.29) is 0 Å². The molecule has 3 atom stereocenters. The molecule has 1 aliphatic carbocycles. The molecular weight excluding hydrogens is 442 g/mol. The summed E-state index contributed by atoms with van der Waals surface area (Å²) in [5.74, 6) is 0.636. The zero-order chi connectivity index (χ0) is 22.8. The second kappa shape index (κ2) is 10.0. The molecule has 2 aromatic heterocycles. The monoisotopic (exact) mass is 474 g/mol. The smallest absolute Gasteiger partial charge is 0.133 e. The van der Waals surface area contributed by atoms with Crippen LogP contribution in [0, 0.1) is 19.8 Å². The number of hydrogen-bond donors (Lipinski definition) is 0. The zero-order valence-electron chi connectivity index (χ0n) is 19.6. The second-order valence-electron chi connectivity index (χ2n) is 9.12. The van der Waals surface area contributed by atoms with E-state index in [2.05, 4.69) is 81.4 Å². The van der Waals surface area contributed by atoms with E-state index >= 15 is 0 Å². The van der Waals surface area contributed by atoms with E-state index in [9.17, 15) is 0 Å². The summed E-state index contributed by atoms with van der Waals surface area (Å²) in [5.41, 5.74) is 6.16. The molecule has 33 heavy (non-hydrogen) atoms. The van der Waals surface area contributed by atoms with E-state index in [1.807, 2.05) is 24.7 Å². The maximum absolute atomic E-state index is 6.00. The predicted molar refractivity (Wildman–Crippen MR) is 143 cm³/mol. The molecular formula is C29H32O2P2. The van der Waals surface area contributed by atoms with Crippen molar-refractivity contribution in [3.8, 4) is 0 Å². The Kier molecular flexibility index (Phi) is 6.86. The van der Waals surface area contributed by atoms with Crippen molar-refractivity contribution >= 4 is 37.5 Å². The number of benzene rings is 2. The van der Waals surface area contributed by atoms with Gasteiger partial charge in [0.1, 0.15) is 11.0 Å². The van der Waals surface area contributed by atoms with Crippen LogP contribution in [0.3, 0.4) is 0 Å². The maximum atomic E-state index is 6.00. The van der Waals surface area contributed by atoms with Crippen LogP contribution in [0.5, 0.6) is 0 Å². The first kappa shape index (κ1) is 22.6. The largest absolute Gasteiger partial charge is 0.464 e. The minimum absolute atomic E-state index is 0.482. The third kappa shape index (κ3) is 4.49. The van der Waals surface area contributed by atoms with E-state index < -0.39 is 15.8 Å². The third-order valence-corrected chi connectivity index (χ3v) is 13.1. The van der Waals surface area contributed by atoms with Crippen molar-refractivity contribution in [2.24, 2.45) is 5.92 Å². The van der Waals surface area contributed by atoms with Gasteiger partial charge in [-0.2, -0.15) is 0 Å². The quantitative estimate of drug-likeness (QED) is 0.282. The van der Waals surface area contributed by atoms with E-state index in [0.717, 1.165) is 11.0 Å². The van der Waals surface area contributed by atoms with Crippen molar-refractivity contribution < 1.29 is 8.83 Å². The molecule has 0 amide bonds. The molecule has 5 rings (SSSR count). The van der Waals surface area contributed by atoms with Crippen LogP contribution >= 0.6 is 15.8 Å². The second-order valence-corrected chi connectivity index (χ2v) is 13.9. The molecule has 4 heteroatoms. The number of rotatable bonds is 7. The highest BCUT2D eigenvalue weighted by Crippen LogP contribution is 2.56. The summed E-state index contributed by atoms with van der Waals surface area (Å²) >= 11 is 0. The summed E-state index contributed by atoms with van der Waals surface area (Å²) in [6.07, 6.45) is 7.43. The lowest BCUT2D eigenvalue weighted by Crippen LogP contribution is -2.33. The molecule has 0 aliphatic heterocycles. The van der Waals surface area contributed by atoms with Gasteiger partial charge in [-0.05, 0) is 97.8 Å². The summed E-state index contributed by atoms with van der Waals surface area (Å²) < 4.78 is 12.0. The molecule has 2 aromatic carbocycles. The van der Waals surface area contributed by atoms with E-state index in [4.69, 9.17) is 8.83 Å². The van der Waals surface area contributed by atoms with E-state index in [1.54, 1.807) is 0 Å². The van der Waals surface area contributed by atoms with Gasteiger partial charge in [-0.3, -0.25) is 0 Å². The highest BCUT2D eigenvalue weighted by Gasteiger charge is 2.43. The van der Waals surface area contributed by atoms with Gasteiger partial charge in [-0.15, -0.1) is 0 Å². The molecule has 1 aliphatic rings. The van der Waals surface area contributed by atoms with Crippen molar-refractivity contribution in [3.63, 3.8) is 0 Å². The number of aryl methyl sites for hydroxylation is 2. The van der Waals surface area contributed by atoms with Crippen LogP contribution in [0.2, 0.25) is 0 Å². The Hall–Kier alpha value is -2.14.